The molecule has 1 saturated heterocycles. The van der Waals surface area contributed by atoms with Crippen LogP contribution >= 0.6 is 0 Å². The largest absolute Gasteiger partial charge is 0.301 e. The Kier molecular flexibility index (Phi) is 14.1. The number of hydrogen-bond acceptors (Lipinski definition) is 2. The maximum absolute atomic E-state index is 2.67. The van der Waals surface area contributed by atoms with Crippen molar-refractivity contribution in [3.8, 4) is 0 Å². The van der Waals surface area contributed by atoms with Gasteiger partial charge in [-0.2, -0.15) is 0 Å². The lowest BCUT2D eigenvalue weighted by Crippen LogP contribution is -2.46. The first kappa shape index (κ1) is 21.0. The van der Waals surface area contributed by atoms with E-state index in [2.05, 4.69) is 23.6 Å². The van der Waals surface area contributed by atoms with Crippen molar-refractivity contribution in [2.45, 2.75) is 97.3 Å². The summed E-state index contributed by atoms with van der Waals surface area (Å²) in [5, 5.41) is 0. The van der Waals surface area contributed by atoms with Gasteiger partial charge in [-0.15, -0.1) is 0 Å². The molecule has 0 aromatic rings. The molecule has 1 fully saturated rings. The van der Waals surface area contributed by atoms with Gasteiger partial charge in [-0.25, -0.2) is 0 Å². The average molecular weight is 325 g/mol. The first-order valence-corrected chi connectivity index (χ1v) is 10.8. The molecule has 0 N–H and O–H groups in total. The van der Waals surface area contributed by atoms with Crippen LogP contribution in [0.25, 0.3) is 0 Å². The van der Waals surface area contributed by atoms with Crippen molar-refractivity contribution in [1.82, 2.24) is 9.80 Å². The number of rotatable bonds is 15. The molecule has 0 amide bonds. The number of piperazine rings is 1. The average Bonchev–Trinajstić information content (AvgIpc) is 2.59. The lowest BCUT2D eigenvalue weighted by atomic mass is 10.0. The number of nitrogens with zero attached hydrogens (tertiary/aromatic N) is 2. The molecular formula is C21H44N2. The van der Waals surface area contributed by atoms with Crippen LogP contribution in [0.2, 0.25) is 0 Å². The van der Waals surface area contributed by atoms with E-state index in [9.17, 15) is 0 Å². The van der Waals surface area contributed by atoms with E-state index in [0.29, 0.717) is 0 Å². The molecule has 23 heavy (non-hydrogen) atoms. The normalized spacial score (nSPS) is 17.0. The summed E-state index contributed by atoms with van der Waals surface area (Å²) in [4.78, 5) is 5.24. The Morgan fingerprint density at radius 1 is 0.478 bits per heavy atom. The summed E-state index contributed by atoms with van der Waals surface area (Å²) in [7, 11) is 0. The van der Waals surface area contributed by atoms with Gasteiger partial charge in [0, 0.05) is 26.2 Å². The third-order valence-electron chi connectivity index (χ3n) is 5.49. The zero-order valence-electron chi connectivity index (χ0n) is 16.3. The summed E-state index contributed by atoms with van der Waals surface area (Å²) in [6.07, 6.45) is 18.9. The summed E-state index contributed by atoms with van der Waals surface area (Å²) < 4.78 is 0. The SMILES string of the molecule is CCCCCCCCCCCCCCCN1CCN(CC)CC1. The van der Waals surface area contributed by atoms with E-state index in [0.717, 1.165) is 0 Å². The Labute approximate surface area is 147 Å². The van der Waals surface area contributed by atoms with Crippen molar-refractivity contribution in [2.75, 3.05) is 39.3 Å². The van der Waals surface area contributed by atoms with E-state index in [1.807, 2.05) is 0 Å². The van der Waals surface area contributed by atoms with Crippen LogP contribution < -0.4 is 0 Å². The van der Waals surface area contributed by atoms with Gasteiger partial charge < -0.3 is 9.80 Å². The molecule has 0 unspecified atom stereocenters. The highest BCUT2D eigenvalue weighted by Gasteiger charge is 2.14. The second kappa shape index (κ2) is 15.4. The molecule has 1 rings (SSSR count). The minimum Gasteiger partial charge on any atom is -0.301 e. The van der Waals surface area contributed by atoms with E-state index in [1.165, 1.54) is 123 Å². The van der Waals surface area contributed by atoms with E-state index >= 15 is 0 Å². The van der Waals surface area contributed by atoms with Crippen molar-refractivity contribution < 1.29 is 0 Å². The zero-order valence-corrected chi connectivity index (χ0v) is 16.3. The summed E-state index contributed by atoms with van der Waals surface area (Å²) in [6.45, 7) is 12.3. The number of likely N-dealkylation sites (N-methyl/N-ethyl adjacent to an activating group) is 1. The molecule has 1 aliphatic rings. The quantitative estimate of drug-likeness (QED) is 0.356. The Morgan fingerprint density at radius 3 is 1.30 bits per heavy atom. The van der Waals surface area contributed by atoms with Crippen molar-refractivity contribution in [1.29, 1.82) is 0 Å². The number of hydrogen-bond donors (Lipinski definition) is 0. The maximum Gasteiger partial charge on any atom is 0.0110 e. The van der Waals surface area contributed by atoms with Gasteiger partial charge in [0.2, 0.25) is 0 Å². The Bertz CT molecular complexity index is 234. The molecule has 0 radical (unpaired) electrons. The molecule has 0 aliphatic carbocycles. The molecule has 0 aromatic heterocycles. The van der Waals surface area contributed by atoms with Gasteiger partial charge in [0.1, 0.15) is 0 Å². The first-order valence-electron chi connectivity index (χ1n) is 10.8. The molecule has 1 aliphatic heterocycles. The Balaban J connectivity index is 1.73. The minimum absolute atomic E-state index is 1.23. The summed E-state index contributed by atoms with van der Waals surface area (Å²) >= 11 is 0. The predicted octanol–water partition coefficient (Wildman–Crippen LogP) is 5.72. The summed E-state index contributed by atoms with van der Waals surface area (Å²) in [5.41, 5.74) is 0. The molecule has 2 heteroatoms. The Morgan fingerprint density at radius 2 is 0.870 bits per heavy atom. The molecule has 138 valence electrons. The summed E-state index contributed by atoms with van der Waals surface area (Å²) in [5.74, 6) is 0. The first-order chi connectivity index (χ1) is 11.4. The fraction of sp³-hybridized carbons (Fsp3) is 1.00. The van der Waals surface area contributed by atoms with Crippen LogP contribution in [-0.2, 0) is 0 Å². The lowest BCUT2D eigenvalue weighted by molar-refractivity contribution is 0.135. The van der Waals surface area contributed by atoms with Crippen LogP contribution in [0.4, 0.5) is 0 Å². The van der Waals surface area contributed by atoms with Crippen LogP contribution in [0.5, 0.6) is 0 Å². The van der Waals surface area contributed by atoms with Crippen molar-refractivity contribution in [2.24, 2.45) is 0 Å². The monoisotopic (exact) mass is 324 g/mol. The maximum atomic E-state index is 2.67. The highest BCUT2D eigenvalue weighted by atomic mass is 15.3. The third-order valence-corrected chi connectivity index (χ3v) is 5.49. The second-order valence-corrected chi connectivity index (χ2v) is 7.52. The van der Waals surface area contributed by atoms with Gasteiger partial charge in [0.15, 0.2) is 0 Å². The molecular weight excluding hydrogens is 280 g/mol. The molecule has 0 bridgehead atoms. The van der Waals surface area contributed by atoms with Gasteiger partial charge in [-0.3, -0.25) is 0 Å². The van der Waals surface area contributed by atoms with Gasteiger partial charge in [-0.1, -0.05) is 90.9 Å². The standard InChI is InChI=1S/C21H44N2/c1-3-5-6-7-8-9-10-11-12-13-14-15-16-17-23-20-18-22(4-2)19-21-23/h3-21H2,1-2H3. The van der Waals surface area contributed by atoms with Gasteiger partial charge in [0.25, 0.3) is 0 Å². The van der Waals surface area contributed by atoms with E-state index in [-0.39, 0.29) is 0 Å². The van der Waals surface area contributed by atoms with Gasteiger partial charge >= 0.3 is 0 Å². The van der Waals surface area contributed by atoms with Crippen molar-refractivity contribution in [3.63, 3.8) is 0 Å². The van der Waals surface area contributed by atoms with Gasteiger partial charge in [-0.05, 0) is 19.5 Å². The highest BCUT2D eigenvalue weighted by Crippen LogP contribution is 2.13. The molecule has 0 spiro atoms. The molecule has 0 aromatic carbocycles. The molecule has 0 saturated carbocycles. The van der Waals surface area contributed by atoms with Crippen molar-refractivity contribution >= 4 is 0 Å². The minimum atomic E-state index is 1.23. The van der Waals surface area contributed by atoms with Crippen LogP contribution in [-0.4, -0.2) is 49.1 Å². The van der Waals surface area contributed by atoms with Crippen molar-refractivity contribution in [3.05, 3.63) is 0 Å². The smallest absolute Gasteiger partial charge is 0.0110 e. The molecule has 1 heterocycles. The van der Waals surface area contributed by atoms with Crippen LogP contribution in [0.1, 0.15) is 97.3 Å². The fourth-order valence-electron chi connectivity index (χ4n) is 3.68. The van der Waals surface area contributed by atoms with Crippen LogP contribution in [0.3, 0.4) is 0 Å². The lowest BCUT2D eigenvalue weighted by Gasteiger charge is -2.33. The molecule has 2 nitrogen and oxygen atoms in total. The topological polar surface area (TPSA) is 6.48 Å². The molecule has 0 atom stereocenters. The zero-order chi connectivity index (χ0) is 16.6. The van der Waals surface area contributed by atoms with E-state index in [4.69, 9.17) is 0 Å². The second-order valence-electron chi connectivity index (χ2n) is 7.52. The van der Waals surface area contributed by atoms with Crippen LogP contribution in [0.15, 0.2) is 0 Å². The fourth-order valence-corrected chi connectivity index (χ4v) is 3.68. The number of unbranched alkanes of at least 4 members (excludes halogenated alkanes) is 12. The Hall–Kier alpha value is -0.0800. The predicted molar refractivity (Wildman–Crippen MR) is 104 cm³/mol. The summed E-state index contributed by atoms with van der Waals surface area (Å²) in [6, 6.07) is 0. The third kappa shape index (κ3) is 12.0. The van der Waals surface area contributed by atoms with Crippen LogP contribution in [0, 0.1) is 0 Å². The van der Waals surface area contributed by atoms with E-state index < -0.39 is 0 Å². The van der Waals surface area contributed by atoms with Gasteiger partial charge in [0.05, 0.1) is 0 Å². The van der Waals surface area contributed by atoms with E-state index in [1.54, 1.807) is 0 Å². The highest BCUT2D eigenvalue weighted by molar-refractivity contribution is 4.70.